The van der Waals surface area contributed by atoms with Gasteiger partial charge in [0.15, 0.2) is 5.82 Å². The van der Waals surface area contributed by atoms with E-state index in [2.05, 4.69) is 67.4 Å². The van der Waals surface area contributed by atoms with E-state index >= 15 is 0 Å². The first-order chi connectivity index (χ1) is 18.0. The monoisotopic (exact) mass is 515 g/mol. The molecule has 1 fully saturated rings. The van der Waals surface area contributed by atoms with Gasteiger partial charge in [0.2, 0.25) is 0 Å². The summed E-state index contributed by atoms with van der Waals surface area (Å²) in [6, 6.07) is 21.1. The summed E-state index contributed by atoms with van der Waals surface area (Å²) in [5.74, 6) is 1.18. The van der Waals surface area contributed by atoms with E-state index in [9.17, 15) is 0 Å². The molecule has 5 heteroatoms. The largest absolute Gasteiger partial charge is 0.372 e. The van der Waals surface area contributed by atoms with E-state index in [0.717, 1.165) is 54.7 Å². The van der Waals surface area contributed by atoms with Crippen molar-refractivity contribution in [3.63, 3.8) is 0 Å². The van der Waals surface area contributed by atoms with E-state index in [1.54, 1.807) is 0 Å². The van der Waals surface area contributed by atoms with E-state index in [1.807, 2.05) is 32.2 Å². The van der Waals surface area contributed by atoms with Crippen LogP contribution in [0.15, 0.2) is 78.3 Å². The number of nitrogens with zero attached hydrogens (tertiary/aromatic N) is 2. The fraction of sp³-hybridized carbons (Fsp3) is 0.375. The Labute approximate surface area is 226 Å². The number of aryl methyl sites for hydroxylation is 1. The van der Waals surface area contributed by atoms with Gasteiger partial charge in [0, 0.05) is 17.3 Å². The van der Waals surface area contributed by atoms with Crippen LogP contribution in [-0.2, 0) is 4.74 Å². The first kappa shape index (κ1) is 27.3. The molecule has 1 saturated carbocycles. The number of nitrogens with one attached hydrogen (secondary N) is 1. The Kier molecular flexibility index (Phi) is 9.68. The molecule has 0 saturated heterocycles. The average molecular weight is 516 g/mol. The molecular weight excluding hydrogens is 478 g/mol. The van der Waals surface area contributed by atoms with Crippen molar-refractivity contribution >= 4 is 23.1 Å². The zero-order chi connectivity index (χ0) is 26.2. The van der Waals surface area contributed by atoms with Crippen LogP contribution >= 0.6 is 11.6 Å². The Morgan fingerprint density at radius 1 is 1.11 bits per heavy atom. The summed E-state index contributed by atoms with van der Waals surface area (Å²) >= 11 is 6.69. The molecule has 0 spiro atoms. The molecule has 4 nitrogen and oxygen atoms in total. The Bertz CT molecular complexity index is 1210. The molecule has 4 rings (SSSR count). The summed E-state index contributed by atoms with van der Waals surface area (Å²) in [6.07, 6.45) is 7.14. The Morgan fingerprint density at radius 3 is 2.49 bits per heavy atom. The van der Waals surface area contributed by atoms with Crippen molar-refractivity contribution in [2.24, 2.45) is 10.9 Å². The maximum atomic E-state index is 6.69. The first-order valence-corrected chi connectivity index (χ1v) is 13.7. The number of ether oxygens (including phenoxy) is 1. The zero-order valence-electron chi connectivity index (χ0n) is 22.2. The second-order valence-corrected chi connectivity index (χ2v) is 10.3. The predicted molar refractivity (Wildman–Crippen MR) is 157 cm³/mol. The van der Waals surface area contributed by atoms with Gasteiger partial charge in [-0.15, -0.1) is 6.58 Å². The van der Waals surface area contributed by atoms with Crippen molar-refractivity contribution in [3.8, 4) is 22.4 Å². The molecule has 0 radical (unpaired) electrons. The zero-order valence-corrected chi connectivity index (χ0v) is 23.0. The van der Waals surface area contributed by atoms with Gasteiger partial charge >= 0.3 is 0 Å². The summed E-state index contributed by atoms with van der Waals surface area (Å²) in [5.41, 5.74) is 6.28. The highest BCUT2D eigenvalue weighted by atomic mass is 35.5. The van der Waals surface area contributed by atoms with Crippen LogP contribution in [0.1, 0.15) is 44.6 Å². The number of rotatable bonds is 11. The number of pyridine rings is 1. The lowest BCUT2D eigenvalue weighted by Gasteiger charge is -2.25. The minimum Gasteiger partial charge on any atom is -0.372 e. The van der Waals surface area contributed by atoms with E-state index in [-0.39, 0.29) is 6.10 Å². The summed E-state index contributed by atoms with van der Waals surface area (Å²) in [4.78, 5) is 10.1. The van der Waals surface area contributed by atoms with E-state index in [4.69, 9.17) is 26.3 Å². The third-order valence-electron chi connectivity index (χ3n) is 7.19. The quantitative estimate of drug-likeness (QED) is 0.207. The molecule has 2 aromatic carbocycles. The first-order valence-electron chi connectivity index (χ1n) is 13.3. The highest BCUT2D eigenvalue weighted by Crippen LogP contribution is 2.35. The Hall–Kier alpha value is -2.79. The van der Waals surface area contributed by atoms with Crippen LogP contribution in [0.3, 0.4) is 0 Å². The van der Waals surface area contributed by atoms with Gasteiger partial charge in [-0.3, -0.25) is 0 Å². The number of halogens is 1. The molecule has 194 valence electrons. The van der Waals surface area contributed by atoms with E-state index in [0.29, 0.717) is 23.6 Å². The minimum absolute atomic E-state index is 0.169. The van der Waals surface area contributed by atoms with Crippen LogP contribution in [0.25, 0.3) is 22.4 Å². The topological polar surface area (TPSA) is 46.5 Å². The van der Waals surface area contributed by atoms with Gasteiger partial charge in [-0.05, 0) is 68.3 Å². The Balaban J connectivity index is 1.61. The number of hydrogen-bond acceptors (Lipinski definition) is 4. The highest BCUT2D eigenvalue weighted by molar-refractivity contribution is 6.33. The maximum Gasteiger partial charge on any atom is 0.155 e. The van der Waals surface area contributed by atoms with Crippen LogP contribution in [0.4, 0.5) is 5.82 Å². The van der Waals surface area contributed by atoms with Crippen molar-refractivity contribution in [3.05, 3.63) is 83.9 Å². The number of hydrogen-bond donors (Lipinski definition) is 1. The number of likely N-dealkylation sites (N-methyl/N-ethyl adjacent to an activating group) is 1. The minimum atomic E-state index is 0.169. The molecule has 1 aliphatic carbocycles. The van der Waals surface area contributed by atoms with Crippen molar-refractivity contribution in [1.82, 2.24) is 10.3 Å². The van der Waals surface area contributed by atoms with Crippen LogP contribution < -0.4 is 5.32 Å². The molecule has 1 aromatic heterocycles. The third-order valence-corrected chi connectivity index (χ3v) is 7.48. The molecule has 37 heavy (non-hydrogen) atoms. The van der Waals surface area contributed by atoms with E-state index < -0.39 is 0 Å². The molecule has 0 amide bonds. The smallest absolute Gasteiger partial charge is 0.155 e. The standard InChI is InChI=1S/C32H38ClN3O/c1-5-10-27(21-26-17-18-29(34-4)31(26)37-19-6-2)35-32-22(3)20-28(33)30(36-32)25-15-13-24(14-16-25)23-11-8-7-9-12-23/h6-9,11-16,20,26,29,31,34H,2,5,10,17-19,21H2,1,3-4H3/b35-27+. The van der Waals surface area contributed by atoms with Crippen molar-refractivity contribution in [1.29, 1.82) is 0 Å². The highest BCUT2D eigenvalue weighted by Gasteiger charge is 2.36. The third kappa shape index (κ3) is 6.75. The average Bonchev–Trinajstić information content (AvgIpc) is 3.30. The normalized spacial score (nSPS) is 19.8. The number of aromatic nitrogens is 1. The van der Waals surface area contributed by atoms with Gasteiger partial charge in [0.05, 0.1) is 23.4 Å². The number of benzene rings is 2. The van der Waals surface area contributed by atoms with Crippen LogP contribution in [0.5, 0.6) is 0 Å². The molecular formula is C32H38ClN3O. The fourth-order valence-electron chi connectivity index (χ4n) is 5.29. The van der Waals surface area contributed by atoms with Crippen molar-refractivity contribution in [2.45, 2.75) is 58.1 Å². The fourth-order valence-corrected chi connectivity index (χ4v) is 5.61. The van der Waals surface area contributed by atoms with Gasteiger partial charge in [-0.25, -0.2) is 9.98 Å². The van der Waals surface area contributed by atoms with Crippen molar-refractivity contribution < 1.29 is 4.74 Å². The summed E-state index contributed by atoms with van der Waals surface area (Å²) in [5, 5.41) is 4.08. The predicted octanol–water partition coefficient (Wildman–Crippen LogP) is 8.21. The van der Waals surface area contributed by atoms with Gasteiger partial charge in [-0.2, -0.15) is 0 Å². The lowest BCUT2D eigenvalue weighted by atomic mass is 9.95. The maximum absolute atomic E-state index is 6.69. The summed E-state index contributed by atoms with van der Waals surface area (Å²) in [6.45, 7) is 8.64. The molecule has 1 N–H and O–H groups in total. The van der Waals surface area contributed by atoms with Crippen LogP contribution in [-0.4, -0.2) is 36.5 Å². The van der Waals surface area contributed by atoms with E-state index in [1.165, 1.54) is 16.8 Å². The summed E-state index contributed by atoms with van der Waals surface area (Å²) in [7, 11) is 2.02. The molecule has 3 unspecified atom stereocenters. The molecule has 3 atom stereocenters. The van der Waals surface area contributed by atoms with Gasteiger partial charge in [-0.1, -0.05) is 85.6 Å². The molecule has 0 aliphatic heterocycles. The molecule has 3 aromatic rings. The second-order valence-electron chi connectivity index (χ2n) is 9.85. The van der Waals surface area contributed by atoms with Crippen molar-refractivity contribution in [2.75, 3.05) is 13.7 Å². The molecule has 0 bridgehead atoms. The van der Waals surface area contributed by atoms with Gasteiger partial charge in [0.25, 0.3) is 0 Å². The summed E-state index contributed by atoms with van der Waals surface area (Å²) < 4.78 is 6.19. The van der Waals surface area contributed by atoms with Crippen LogP contribution in [0, 0.1) is 12.8 Å². The lowest BCUT2D eigenvalue weighted by Crippen LogP contribution is -2.38. The lowest BCUT2D eigenvalue weighted by molar-refractivity contribution is 0.0316. The van der Waals surface area contributed by atoms with Crippen LogP contribution in [0.2, 0.25) is 5.02 Å². The molecule has 1 heterocycles. The number of aliphatic imine (C=N–C) groups is 1. The molecule has 1 aliphatic rings. The van der Waals surface area contributed by atoms with Gasteiger partial charge in [0.1, 0.15) is 0 Å². The Morgan fingerprint density at radius 2 is 1.81 bits per heavy atom. The second kappa shape index (κ2) is 13.1. The van der Waals surface area contributed by atoms with Gasteiger partial charge < -0.3 is 10.1 Å². The SMILES string of the molecule is C=CCOC1C(C/C(CCC)=N/c2nc(-c3ccc(-c4ccccc4)cc3)c(Cl)cc2C)CCC1NC.